The van der Waals surface area contributed by atoms with Gasteiger partial charge in [0.1, 0.15) is 0 Å². The predicted octanol–water partition coefficient (Wildman–Crippen LogP) is 3.54. The third kappa shape index (κ3) is 4.73. The van der Waals surface area contributed by atoms with Crippen LogP contribution in [-0.2, 0) is 16.0 Å². The van der Waals surface area contributed by atoms with E-state index in [1.807, 2.05) is 0 Å². The summed E-state index contributed by atoms with van der Waals surface area (Å²) in [6.07, 6.45) is -4.13. The van der Waals surface area contributed by atoms with Crippen molar-refractivity contribution in [3.05, 3.63) is 48.0 Å². The van der Waals surface area contributed by atoms with Gasteiger partial charge in [-0.15, -0.1) is 13.2 Å². The molecule has 1 heterocycles. The summed E-state index contributed by atoms with van der Waals surface area (Å²) in [6, 6.07) is 10.7. The molecule has 0 saturated carbocycles. The van der Waals surface area contributed by atoms with E-state index in [0.29, 0.717) is 18.7 Å². The second-order valence-corrected chi connectivity index (χ2v) is 6.21. The average Bonchev–Trinajstić information content (AvgIpc) is 3.03. The highest BCUT2D eigenvalue weighted by Gasteiger charge is 2.32. The molecule has 2 amide bonds. The normalized spacial score (nSPS) is 13.1. The topological polar surface area (TPSA) is 70.7 Å². The van der Waals surface area contributed by atoms with Crippen molar-refractivity contribution < 1.29 is 27.5 Å². The Kier molecular flexibility index (Phi) is 5.43. The molecule has 148 valence electrons. The molecule has 6 nitrogen and oxygen atoms in total. The fourth-order valence-electron chi connectivity index (χ4n) is 3.01. The molecular weight excluding hydrogens is 375 g/mol. The monoisotopic (exact) mass is 393 g/mol. The van der Waals surface area contributed by atoms with Gasteiger partial charge in [0.2, 0.25) is 11.8 Å². The van der Waals surface area contributed by atoms with Crippen LogP contribution in [-0.4, -0.2) is 31.3 Å². The van der Waals surface area contributed by atoms with Gasteiger partial charge in [-0.05, 0) is 42.3 Å². The van der Waals surface area contributed by atoms with Gasteiger partial charge in [-0.3, -0.25) is 9.59 Å². The van der Waals surface area contributed by atoms with Crippen LogP contribution in [0.3, 0.4) is 0 Å². The standard InChI is InChI=1S/C19H18F3N3O3/c1-12(26)25-9-8-13-10-14(6-7-16(13)25)24-18(27)11-23-15-4-2-3-5-17(15)28-19(20,21)22/h2-7,10,23H,8-9,11H2,1H3,(H,24,27). The van der Waals surface area contributed by atoms with Crippen molar-refractivity contribution in [3.8, 4) is 5.75 Å². The van der Waals surface area contributed by atoms with Crippen LogP contribution >= 0.6 is 0 Å². The fraction of sp³-hybridized carbons (Fsp3) is 0.263. The molecule has 0 bridgehead atoms. The molecule has 0 fully saturated rings. The lowest BCUT2D eigenvalue weighted by atomic mass is 10.1. The number of nitrogens with zero attached hydrogens (tertiary/aromatic N) is 1. The first-order chi connectivity index (χ1) is 13.2. The number of alkyl halides is 3. The number of nitrogens with one attached hydrogen (secondary N) is 2. The summed E-state index contributed by atoms with van der Waals surface area (Å²) in [5.74, 6) is -0.882. The first-order valence-corrected chi connectivity index (χ1v) is 8.52. The number of fused-ring (bicyclic) bond motifs is 1. The van der Waals surface area contributed by atoms with Crippen molar-refractivity contribution in [2.75, 3.05) is 28.6 Å². The number of halogens is 3. The maximum Gasteiger partial charge on any atom is 0.573 e. The van der Waals surface area contributed by atoms with Crippen LogP contribution in [0.25, 0.3) is 0 Å². The summed E-state index contributed by atoms with van der Waals surface area (Å²) in [5, 5.41) is 5.33. The second kappa shape index (κ2) is 7.79. The zero-order valence-corrected chi connectivity index (χ0v) is 15.0. The number of hydrogen-bond acceptors (Lipinski definition) is 4. The molecule has 0 aliphatic carbocycles. The number of carbonyl (C=O) groups excluding carboxylic acids is 2. The van der Waals surface area contributed by atoms with Crippen molar-refractivity contribution in [3.63, 3.8) is 0 Å². The largest absolute Gasteiger partial charge is 0.573 e. The smallest absolute Gasteiger partial charge is 0.404 e. The molecule has 1 aliphatic rings. The van der Waals surface area contributed by atoms with E-state index in [9.17, 15) is 22.8 Å². The summed E-state index contributed by atoms with van der Waals surface area (Å²) in [6.45, 7) is 1.85. The lowest BCUT2D eigenvalue weighted by Gasteiger charge is -2.16. The summed E-state index contributed by atoms with van der Waals surface area (Å²) >= 11 is 0. The first-order valence-electron chi connectivity index (χ1n) is 8.52. The van der Waals surface area contributed by atoms with Gasteiger partial charge in [0.25, 0.3) is 0 Å². The molecule has 0 aromatic heterocycles. The number of anilines is 3. The van der Waals surface area contributed by atoms with Gasteiger partial charge in [0.05, 0.1) is 12.2 Å². The lowest BCUT2D eigenvalue weighted by Crippen LogP contribution is -2.25. The Morgan fingerprint density at radius 1 is 1.18 bits per heavy atom. The van der Waals surface area contributed by atoms with Gasteiger partial charge in [0.15, 0.2) is 5.75 Å². The van der Waals surface area contributed by atoms with Crippen molar-refractivity contribution in [2.24, 2.45) is 0 Å². The molecule has 3 rings (SSSR count). The number of para-hydroxylation sites is 2. The summed E-state index contributed by atoms with van der Waals surface area (Å²) in [7, 11) is 0. The van der Waals surface area contributed by atoms with Gasteiger partial charge < -0.3 is 20.3 Å². The molecule has 2 N–H and O–H groups in total. The number of hydrogen-bond donors (Lipinski definition) is 2. The van der Waals surface area contributed by atoms with Crippen LogP contribution in [0, 0.1) is 0 Å². The molecule has 0 saturated heterocycles. The third-order valence-corrected chi connectivity index (χ3v) is 4.19. The third-order valence-electron chi connectivity index (χ3n) is 4.19. The highest BCUT2D eigenvalue weighted by Crippen LogP contribution is 2.31. The highest BCUT2D eigenvalue weighted by atomic mass is 19.4. The van der Waals surface area contributed by atoms with Crippen LogP contribution in [0.4, 0.5) is 30.2 Å². The maximum absolute atomic E-state index is 12.4. The summed E-state index contributed by atoms with van der Waals surface area (Å²) in [5.41, 5.74) is 2.38. The van der Waals surface area contributed by atoms with Gasteiger partial charge in [-0.2, -0.15) is 0 Å². The molecule has 0 atom stereocenters. The Morgan fingerprint density at radius 3 is 2.64 bits per heavy atom. The van der Waals surface area contributed by atoms with Crippen LogP contribution in [0.2, 0.25) is 0 Å². The SMILES string of the molecule is CC(=O)N1CCc2cc(NC(=O)CNc3ccccc3OC(F)(F)F)ccc21. The quantitative estimate of drug-likeness (QED) is 0.815. The van der Waals surface area contributed by atoms with Crippen molar-refractivity contribution in [2.45, 2.75) is 19.7 Å². The second-order valence-electron chi connectivity index (χ2n) is 6.21. The minimum absolute atomic E-state index is 0.0422. The zero-order chi connectivity index (χ0) is 20.3. The minimum Gasteiger partial charge on any atom is -0.404 e. The molecule has 9 heteroatoms. The van der Waals surface area contributed by atoms with E-state index in [2.05, 4.69) is 15.4 Å². The van der Waals surface area contributed by atoms with Crippen LogP contribution in [0.15, 0.2) is 42.5 Å². The molecule has 2 aromatic carbocycles. The van der Waals surface area contributed by atoms with Crippen LogP contribution in [0.1, 0.15) is 12.5 Å². The number of carbonyl (C=O) groups is 2. The Balaban J connectivity index is 1.61. The van der Waals surface area contributed by atoms with Crippen molar-refractivity contribution >= 4 is 28.9 Å². The Hall–Kier alpha value is -3.23. The van der Waals surface area contributed by atoms with Gasteiger partial charge >= 0.3 is 6.36 Å². The Bertz CT molecular complexity index is 899. The highest BCUT2D eigenvalue weighted by molar-refractivity contribution is 5.96. The summed E-state index contributed by atoms with van der Waals surface area (Å²) < 4.78 is 41.3. The Labute approximate surface area is 159 Å². The van der Waals surface area contributed by atoms with Crippen molar-refractivity contribution in [1.82, 2.24) is 0 Å². The molecule has 0 radical (unpaired) electrons. The van der Waals surface area contributed by atoms with Gasteiger partial charge in [0, 0.05) is 24.8 Å². The summed E-state index contributed by atoms with van der Waals surface area (Å²) in [4.78, 5) is 25.4. The van der Waals surface area contributed by atoms with E-state index in [-0.39, 0.29) is 18.1 Å². The predicted molar refractivity (Wildman–Crippen MR) is 98.4 cm³/mol. The van der Waals surface area contributed by atoms with E-state index in [1.54, 1.807) is 23.1 Å². The average molecular weight is 393 g/mol. The number of amides is 2. The molecule has 0 unspecified atom stereocenters. The number of rotatable bonds is 5. The van der Waals surface area contributed by atoms with E-state index in [1.165, 1.54) is 25.1 Å². The molecule has 1 aliphatic heterocycles. The fourth-order valence-corrected chi connectivity index (χ4v) is 3.01. The zero-order valence-electron chi connectivity index (χ0n) is 15.0. The van der Waals surface area contributed by atoms with E-state index >= 15 is 0 Å². The molecule has 0 spiro atoms. The van der Waals surface area contributed by atoms with E-state index < -0.39 is 18.0 Å². The van der Waals surface area contributed by atoms with Gasteiger partial charge in [-0.25, -0.2) is 0 Å². The van der Waals surface area contributed by atoms with E-state index in [0.717, 1.165) is 17.3 Å². The number of benzene rings is 2. The minimum atomic E-state index is -4.82. The van der Waals surface area contributed by atoms with E-state index in [4.69, 9.17) is 0 Å². The van der Waals surface area contributed by atoms with Crippen LogP contribution < -0.4 is 20.3 Å². The molecular formula is C19H18F3N3O3. The first kappa shape index (κ1) is 19.5. The lowest BCUT2D eigenvalue weighted by molar-refractivity contribution is -0.274. The Morgan fingerprint density at radius 2 is 1.93 bits per heavy atom. The van der Waals surface area contributed by atoms with Crippen molar-refractivity contribution in [1.29, 1.82) is 0 Å². The molecule has 2 aromatic rings. The van der Waals surface area contributed by atoms with Gasteiger partial charge in [-0.1, -0.05) is 12.1 Å². The number of ether oxygens (including phenoxy) is 1. The maximum atomic E-state index is 12.4. The molecule has 28 heavy (non-hydrogen) atoms. The van der Waals surface area contributed by atoms with Crippen LogP contribution in [0.5, 0.6) is 5.75 Å².